The lowest BCUT2D eigenvalue weighted by Crippen LogP contribution is -2.15. The number of tetrazole rings is 1. The number of nitrogens with zero attached hydrogens (tertiary/aromatic N) is 3. The average molecular weight is 388 g/mol. The number of H-pyrrole nitrogens is 1. The second-order valence-electron chi connectivity index (χ2n) is 5.84. The molecule has 10 heteroatoms. The van der Waals surface area contributed by atoms with Crippen LogP contribution in [-0.2, 0) is 10.0 Å². The number of aromatic amines is 1. The summed E-state index contributed by atoms with van der Waals surface area (Å²) < 4.78 is 30.4. The van der Waals surface area contributed by atoms with E-state index in [1.165, 1.54) is 6.07 Å². The van der Waals surface area contributed by atoms with E-state index in [2.05, 4.69) is 32.9 Å². The van der Waals surface area contributed by atoms with Crippen molar-refractivity contribution < 1.29 is 13.2 Å². The van der Waals surface area contributed by atoms with Crippen molar-refractivity contribution in [2.24, 2.45) is 5.14 Å². The number of hydrogen-bond donors (Lipinski definition) is 3. The molecule has 0 unspecified atom stereocenters. The highest BCUT2D eigenvalue weighted by molar-refractivity contribution is 7.89. The lowest BCUT2D eigenvalue weighted by Gasteiger charge is -2.17. The summed E-state index contributed by atoms with van der Waals surface area (Å²) in [6.07, 6.45) is 1.89. The van der Waals surface area contributed by atoms with Crippen LogP contribution in [0.4, 0.5) is 5.69 Å². The second kappa shape index (κ2) is 8.14. The Kier molecular flexibility index (Phi) is 5.67. The molecular weight excluding hydrogens is 368 g/mol. The van der Waals surface area contributed by atoms with Gasteiger partial charge in [-0.25, -0.2) is 18.7 Å². The van der Waals surface area contributed by atoms with E-state index in [-0.39, 0.29) is 10.6 Å². The quantitative estimate of drug-likeness (QED) is 0.504. The molecule has 0 saturated heterocycles. The molecule has 9 nitrogen and oxygen atoms in total. The second-order valence-corrected chi connectivity index (χ2v) is 7.37. The van der Waals surface area contributed by atoms with Crippen molar-refractivity contribution >= 4 is 15.7 Å². The summed E-state index contributed by atoms with van der Waals surface area (Å²) in [5, 5.41) is 22.2. The summed E-state index contributed by atoms with van der Waals surface area (Å²) in [5.41, 5.74) is 0.966. The molecule has 0 amide bonds. The first-order valence-corrected chi connectivity index (χ1v) is 9.95. The molecule has 0 fully saturated rings. The normalized spacial score (nSPS) is 11.3. The minimum atomic E-state index is -4.07. The van der Waals surface area contributed by atoms with Gasteiger partial charge >= 0.3 is 0 Å². The number of sulfonamides is 1. The number of nitrogens with one attached hydrogen (secondary N) is 2. The van der Waals surface area contributed by atoms with Crippen LogP contribution >= 0.6 is 0 Å². The number of benzene rings is 2. The molecule has 4 N–H and O–H groups in total. The third kappa shape index (κ3) is 4.60. The molecule has 0 aliphatic rings. The number of primary sulfonamides is 1. The van der Waals surface area contributed by atoms with Crippen molar-refractivity contribution in [1.82, 2.24) is 20.6 Å². The van der Waals surface area contributed by atoms with Crippen molar-refractivity contribution in [3.05, 3.63) is 42.5 Å². The van der Waals surface area contributed by atoms with Gasteiger partial charge in [0, 0.05) is 12.1 Å². The first kappa shape index (κ1) is 18.8. The van der Waals surface area contributed by atoms with E-state index in [0.29, 0.717) is 29.4 Å². The Hall–Kier alpha value is -2.98. The number of ether oxygens (including phenoxy) is 1. The molecule has 142 valence electrons. The fourth-order valence-corrected chi connectivity index (χ4v) is 3.18. The van der Waals surface area contributed by atoms with Gasteiger partial charge in [0.15, 0.2) is 11.6 Å². The molecule has 0 bridgehead atoms. The van der Waals surface area contributed by atoms with Crippen molar-refractivity contribution in [3.63, 3.8) is 0 Å². The van der Waals surface area contributed by atoms with Crippen LogP contribution in [0.15, 0.2) is 47.4 Å². The van der Waals surface area contributed by atoms with Gasteiger partial charge < -0.3 is 10.1 Å². The molecular formula is C17H20N6O3S. The Morgan fingerprint density at radius 2 is 2.00 bits per heavy atom. The monoisotopic (exact) mass is 388 g/mol. The predicted octanol–water partition coefficient (Wildman–Crippen LogP) is 2.52. The molecule has 1 aromatic heterocycles. The van der Waals surface area contributed by atoms with E-state index >= 15 is 0 Å². The van der Waals surface area contributed by atoms with Crippen molar-refractivity contribution in [1.29, 1.82) is 0 Å². The van der Waals surface area contributed by atoms with Gasteiger partial charge in [0.05, 0.1) is 5.69 Å². The molecule has 1 heterocycles. The first-order valence-electron chi connectivity index (χ1n) is 8.40. The molecule has 0 radical (unpaired) electrons. The van der Waals surface area contributed by atoms with E-state index in [1.807, 2.05) is 6.07 Å². The summed E-state index contributed by atoms with van der Waals surface area (Å²) in [7, 11) is -4.07. The summed E-state index contributed by atoms with van der Waals surface area (Å²) in [5.74, 6) is 0.954. The highest BCUT2D eigenvalue weighted by Gasteiger charge is 2.23. The van der Waals surface area contributed by atoms with Gasteiger partial charge in [0.25, 0.3) is 0 Å². The van der Waals surface area contributed by atoms with Crippen LogP contribution < -0.4 is 15.2 Å². The van der Waals surface area contributed by atoms with E-state index < -0.39 is 10.0 Å². The zero-order valence-corrected chi connectivity index (χ0v) is 15.5. The molecule has 0 spiro atoms. The third-order valence-corrected chi connectivity index (χ3v) is 4.71. The maximum atomic E-state index is 12.3. The molecule has 3 rings (SSSR count). The van der Waals surface area contributed by atoms with Crippen LogP contribution in [0.3, 0.4) is 0 Å². The summed E-state index contributed by atoms with van der Waals surface area (Å²) in [6, 6.07) is 12.0. The molecule has 27 heavy (non-hydrogen) atoms. The summed E-state index contributed by atoms with van der Waals surface area (Å²) in [4.78, 5) is -0.153. The topological polar surface area (TPSA) is 136 Å². The van der Waals surface area contributed by atoms with Crippen LogP contribution in [0.5, 0.6) is 11.5 Å². The lowest BCUT2D eigenvalue weighted by atomic mass is 10.1. The number of aromatic nitrogens is 4. The number of para-hydroxylation sites is 1. The number of unbranched alkanes of at least 4 members (excludes halogenated alkanes) is 1. The van der Waals surface area contributed by atoms with Gasteiger partial charge in [0.1, 0.15) is 10.6 Å². The largest absolute Gasteiger partial charge is 0.454 e. The Morgan fingerprint density at radius 3 is 2.63 bits per heavy atom. The number of rotatable bonds is 8. The number of nitrogens with two attached hydrogens (primary N) is 1. The van der Waals surface area contributed by atoms with Gasteiger partial charge in [-0.3, -0.25) is 0 Å². The van der Waals surface area contributed by atoms with E-state index in [0.717, 1.165) is 12.8 Å². The fourth-order valence-electron chi connectivity index (χ4n) is 2.47. The fraction of sp³-hybridized carbons (Fsp3) is 0.235. The highest BCUT2D eigenvalue weighted by Crippen LogP contribution is 2.39. The van der Waals surface area contributed by atoms with E-state index in [1.54, 1.807) is 30.3 Å². The lowest BCUT2D eigenvalue weighted by molar-refractivity contribution is 0.469. The van der Waals surface area contributed by atoms with E-state index in [9.17, 15) is 8.42 Å². The summed E-state index contributed by atoms with van der Waals surface area (Å²) in [6.45, 7) is 2.71. The first-order chi connectivity index (χ1) is 13.0. The van der Waals surface area contributed by atoms with Crippen molar-refractivity contribution in [3.8, 4) is 22.9 Å². The van der Waals surface area contributed by atoms with Crippen LogP contribution in [-0.4, -0.2) is 35.6 Å². The predicted molar refractivity (Wildman–Crippen MR) is 101 cm³/mol. The van der Waals surface area contributed by atoms with Gasteiger partial charge in [-0.1, -0.05) is 31.5 Å². The van der Waals surface area contributed by atoms with Gasteiger partial charge in [-0.15, -0.1) is 5.10 Å². The highest BCUT2D eigenvalue weighted by atomic mass is 32.2. The Labute approximate surface area is 157 Å². The Balaban J connectivity index is 2.14. The Bertz CT molecular complexity index is 991. The standard InChI is InChI=1S/C17H20N6O3S/c1-2-3-9-19-14-10-12(17-20-22-23-21-17)11-15(27(18,24)25)16(14)26-13-7-5-4-6-8-13/h4-8,10-11,19H,2-3,9H2,1H3,(H2,18,24,25)(H,20,21,22,23). The SMILES string of the molecule is CCCCNc1cc(-c2nnn[nH]2)cc(S(N)(=O)=O)c1Oc1ccccc1. The minimum absolute atomic E-state index is 0.135. The zero-order chi connectivity index (χ0) is 19.3. The van der Waals surface area contributed by atoms with Crippen LogP contribution in [0.1, 0.15) is 19.8 Å². The van der Waals surface area contributed by atoms with Crippen LogP contribution in [0.2, 0.25) is 0 Å². The van der Waals surface area contributed by atoms with Gasteiger partial charge in [0.2, 0.25) is 10.0 Å². The molecule has 0 atom stereocenters. The van der Waals surface area contributed by atoms with Gasteiger partial charge in [-0.2, -0.15) is 0 Å². The van der Waals surface area contributed by atoms with Crippen molar-refractivity contribution in [2.45, 2.75) is 24.7 Å². The molecule has 0 aliphatic carbocycles. The zero-order valence-electron chi connectivity index (χ0n) is 14.7. The molecule has 0 aliphatic heterocycles. The average Bonchev–Trinajstić information content (AvgIpc) is 3.17. The maximum absolute atomic E-state index is 12.3. The smallest absolute Gasteiger partial charge is 0.241 e. The third-order valence-electron chi connectivity index (χ3n) is 3.79. The van der Waals surface area contributed by atoms with E-state index in [4.69, 9.17) is 9.88 Å². The molecule has 2 aromatic carbocycles. The summed E-state index contributed by atoms with van der Waals surface area (Å²) >= 11 is 0. The van der Waals surface area contributed by atoms with Crippen LogP contribution in [0, 0.1) is 0 Å². The maximum Gasteiger partial charge on any atom is 0.241 e. The van der Waals surface area contributed by atoms with Crippen molar-refractivity contribution in [2.75, 3.05) is 11.9 Å². The molecule has 3 aromatic rings. The number of anilines is 1. The molecule has 0 saturated carbocycles. The Morgan fingerprint density at radius 1 is 1.22 bits per heavy atom. The van der Waals surface area contributed by atoms with Crippen LogP contribution in [0.25, 0.3) is 11.4 Å². The minimum Gasteiger partial charge on any atom is -0.454 e. The number of hydrogen-bond acceptors (Lipinski definition) is 7. The van der Waals surface area contributed by atoms with Gasteiger partial charge in [-0.05, 0) is 41.1 Å².